The lowest BCUT2D eigenvalue weighted by Gasteiger charge is -2.06. The predicted octanol–water partition coefficient (Wildman–Crippen LogP) is 1.42. The number of halogens is 1. The molecule has 102 valence electrons. The molecule has 1 aromatic carbocycles. The fourth-order valence-corrected chi connectivity index (χ4v) is 3.28. The Balaban J connectivity index is 2.40. The smallest absolute Gasteiger partial charge is 0.184 e. The van der Waals surface area contributed by atoms with E-state index in [1.165, 1.54) is 10.7 Å². The zero-order valence-electron chi connectivity index (χ0n) is 10.6. The van der Waals surface area contributed by atoms with E-state index in [0.29, 0.717) is 5.69 Å². The molecule has 0 bridgehead atoms. The van der Waals surface area contributed by atoms with Gasteiger partial charge in [-0.05, 0) is 31.2 Å². The third kappa shape index (κ3) is 2.93. The van der Waals surface area contributed by atoms with Crippen LogP contribution in [-0.2, 0) is 22.6 Å². The molecule has 2 aromatic rings. The van der Waals surface area contributed by atoms with E-state index in [1.807, 2.05) is 0 Å². The molecule has 0 aliphatic rings. The summed E-state index contributed by atoms with van der Waals surface area (Å²) in [6.45, 7) is 1.77. The second-order valence-corrected chi connectivity index (χ2v) is 6.37. The van der Waals surface area contributed by atoms with Crippen LogP contribution in [0.25, 0.3) is 0 Å². The van der Waals surface area contributed by atoms with E-state index in [1.54, 1.807) is 20.0 Å². The fourth-order valence-electron chi connectivity index (χ4n) is 1.84. The summed E-state index contributed by atoms with van der Waals surface area (Å²) in [5.41, 5.74) is 6.81. The highest BCUT2D eigenvalue weighted by Gasteiger charge is 2.19. The van der Waals surface area contributed by atoms with E-state index < -0.39 is 15.7 Å². The van der Waals surface area contributed by atoms with Gasteiger partial charge in [0.15, 0.2) is 9.84 Å². The number of sulfone groups is 1. The number of hydrogen-bond donors (Lipinski definition) is 1. The van der Waals surface area contributed by atoms with Crippen molar-refractivity contribution in [1.29, 1.82) is 0 Å². The van der Waals surface area contributed by atoms with Crippen LogP contribution in [-0.4, -0.2) is 18.2 Å². The molecule has 0 aliphatic heterocycles. The molecule has 1 aromatic heterocycles. The van der Waals surface area contributed by atoms with E-state index in [0.717, 1.165) is 17.8 Å². The lowest BCUT2D eigenvalue weighted by molar-refractivity contribution is 0.587. The normalized spacial score (nSPS) is 11.7. The molecule has 0 unspecified atom stereocenters. The van der Waals surface area contributed by atoms with Crippen molar-refractivity contribution in [2.45, 2.75) is 17.6 Å². The predicted molar refractivity (Wildman–Crippen MR) is 69.6 cm³/mol. The third-order valence-electron chi connectivity index (χ3n) is 2.69. The zero-order valence-corrected chi connectivity index (χ0v) is 11.4. The first-order valence-electron chi connectivity index (χ1n) is 5.56. The van der Waals surface area contributed by atoms with Gasteiger partial charge in [-0.15, -0.1) is 0 Å². The van der Waals surface area contributed by atoms with Crippen molar-refractivity contribution in [1.82, 2.24) is 9.78 Å². The first-order chi connectivity index (χ1) is 8.78. The number of nitrogen functional groups attached to an aromatic ring is 1. The van der Waals surface area contributed by atoms with Crippen molar-refractivity contribution in [3.05, 3.63) is 41.5 Å². The summed E-state index contributed by atoms with van der Waals surface area (Å²) in [5, 5.41) is 4.08. The topological polar surface area (TPSA) is 78.0 Å². The largest absolute Gasteiger partial charge is 0.399 e. The number of nitrogens with two attached hydrogens (primary N) is 1. The van der Waals surface area contributed by atoms with Gasteiger partial charge in [-0.25, -0.2) is 12.8 Å². The van der Waals surface area contributed by atoms with E-state index in [-0.39, 0.29) is 16.3 Å². The van der Waals surface area contributed by atoms with Gasteiger partial charge >= 0.3 is 0 Å². The molecule has 5 nitrogen and oxygen atoms in total. The molecular weight excluding hydrogens is 269 g/mol. The number of aromatic nitrogens is 2. The van der Waals surface area contributed by atoms with Crippen LogP contribution in [0, 0.1) is 12.7 Å². The maximum atomic E-state index is 13.2. The van der Waals surface area contributed by atoms with Crippen molar-refractivity contribution in [2.24, 2.45) is 7.05 Å². The molecule has 0 fully saturated rings. The van der Waals surface area contributed by atoms with E-state index in [2.05, 4.69) is 5.10 Å². The molecule has 1 heterocycles. The number of anilines is 1. The second kappa shape index (κ2) is 4.65. The minimum Gasteiger partial charge on any atom is -0.399 e. The minimum atomic E-state index is -3.65. The monoisotopic (exact) mass is 283 g/mol. The molecule has 0 spiro atoms. The molecule has 0 saturated heterocycles. The van der Waals surface area contributed by atoms with Crippen LogP contribution < -0.4 is 5.73 Å². The Labute approximate surface area is 110 Å². The van der Waals surface area contributed by atoms with Gasteiger partial charge < -0.3 is 5.73 Å². The Morgan fingerprint density at radius 1 is 1.32 bits per heavy atom. The molecule has 19 heavy (non-hydrogen) atoms. The summed E-state index contributed by atoms with van der Waals surface area (Å²) in [5.74, 6) is -0.910. The number of nitrogens with zero attached hydrogens (tertiary/aromatic N) is 2. The van der Waals surface area contributed by atoms with Crippen LogP contribution in [0.15, 0.2) is 29.2 Å². The number of hydrogen-bond acceptors (Lipinski definition) is 4. The van der Waals surface area contributed by atoms with E-state index in [9.17, 15) is 12.8 Å². The Morgan fingerprint density at radius 2 is 2.00 bits per heavy atom. The van der Waals surface area contributed by atoms with Gasteiger partial charge in [0.05, 0.1) is 22.0 Å². The van der Waals surface area contributed by atoms with Gasteiger partial charge in [0.1, 0.15) is 5.82 Å². The maximum Gasteiger partial charge on any atom is 0.184 e. The Morgan fingerprint density at radius 3 is 2.53 bits per heavy atom. The molecule has 2 N–H and O–H groups in total. The summed E-state index contributed by atoms with van der Waals surface area (Å²) >= 11 is 0. The fraction of sp³-hybridized carbons (Fsp3) is 0.250. The SMILES string of the molecule is Cc1cc(CS(=O)(=O)c2cc(N)cc(F)c2)n(C)n1. The quantitative estimate of drug-likeness (QED) is 0.864. The molecule has 2 rings (SSSR count). The molecule has 0 amide bonds. The summed E-state index contributed by atoms with van der Waals surface area (Å²) in [7, 11) is -1.98. The standard InChI is InChI=1S/C12H14FN3O2S/c1-8-3-11(16(2)15-8)7-19(17,18)12-5-9(13)4-10(14)6-12/h3-6H,7,14H2,1-2H3. The van der Waals surface area contributed by atoms with Crippen molar-refractivity contribution in [3.63, 3.8) is 0 Å². The van der Waals surface area contributed by atoms with Gasteiger partial charge in [0.25, 0.3) is 0 Å². The molecular formula is C12H14FN3O2S. The molecule has 0 atom stereocenters. The van der Waals surface area contributed by atoms with Crippen LogP contribution in [0.5, 0.6) is 0 Å². The summed E-state index contributed by atoms with van der Waals surface area (Å²) in [6.07, 6.45) is 0. The van der Waals surface area contributed by atoms with Crippen LogP contribution in [0.3, 0.4) is 0 Å². The molecule has 0 radical (unpaired) electrons. The van der Waals surface area contributed by atoms with E-state index in [4.69, 9.17) is 5.73 Å². The third-order valence-corrected chi connectivity index (χ3v) is 4.32. The maximum absolute atomic E-state index is 13.2. The van der Waals surface area contributed by atoms with Gasteiger partial charge in [0, 0.05) is 12.7 Å². The van der Waals surface area contributed by atoms with Crippen LogP contribution in [0.4, 0.5) is 10.1 Å². The van der Waals surface area contributed by atoms with Gasteiger partial charge in [0.2, 0.25) is 0 Å². The van der Waals surface area contributed by atoms with Crippen LogP contribution in [0.1, 0.15) is 11.4 Å². The Kier molecular flexibility index (Phi) is 3.32. The second-order valence-electron chi connectivity index (χ2n) is 4.38. The van der Waals surface area contributed by atoms with Gasteiger partial charge in [-0.3, -0.25) is 4.68 Å². The molecule has 0 aliphatic carbocycles. The van der Waals surface area contributed by atoms with Crippen LogP contribution >= 0.6 is 0 Å². The average Bonchev–Trinajstić information content (AvgIpc) is 2.55. The lowest BCUT2D eigenvalue weighted by atomic mass is 10.3. The Hall–Kier alpha value is -1.89. The van der Waals surface area contributed by atoms with E-state index >= 15 is 0 Å². The number of rotatable bonds is 3. The number of benzene rings is 1. The lowest BCUT2D eigenvalue weighted by Crippen LogP contribution is -2.09. The zero-order chi connectivity index (χ0) is 14.2. The summed E-state index contributed by atoms with van der Waals surface area (Å²) in [4.78, 5) is -0.121. The van der Waals surface area contributed by atoms with Crippen molar-refractivity contribution < 1.29 is 12.8 Å². The summed E-state index contributed by atoms with van der Waals surface area (Å²) < 4.78 is 39.1. The van der Waals surface area contributed by atoms with Crippen molar-refractivity contribution in [2.75, 3.05) is 5.73 Å². The van der Waals surface area contributed by atoms with Crippen molar-refractivity contribution in [3.8, 4) is 0 Å². The summed E-state index contributed by atoms with van der Waals surface area (Å²) in [6, 6.07) is 4.98. The average molecular weight is 283 g/mol. The first kappa shape index (κ1) is 13.5. The van der Waals surface area contributed by atoms with Crippen molar-refractivity contribution >= 4 is 15.5 Å². The number of aryl methyl sites for hydroxylation is 2. The highest BCUT2D eigenvalue weighted by atomic mass is 32.2. The highest BCUT2D eigenvalue weighted by molar-refractivity contribution is 7.90. The Bertz CT molecular complexity index is 702. The molecule has 0 saturated carbocycles. The minimum absolute atomic E-state index is 0.0831. The molecule has 7 heteroatoms. The van der Waals surface area contributed by atoms with Crippen LogP contribution in [0.2, 0.25) is 0 Å². The first-order valence-corrected chi connectivity index (χ1v) is 7.21. The van der Waals surface area contributed by atoms with Gasteiger partial charge in [-0.2, -0.15) is 5.10 Å². The van der Waals surface area contributed by atoms with Gasteiger partial charge in [-0.1, -0.05) is 0 Å². The highest BCUT2D eigenvalue weighted by Crippen LogP contribution is 2.20.